The molecule has 0 unspecified atom stereocenters. The molecule has 8 heteroatoms. The number of benzene rings is 1. The van der Waals surface area contributed by atoms with Crippen molar-refractivity contribution in [2.24, 2.45) is 0 Å². The summed E-state index contributed by atoms with van der Waals surface area (Å²) in [5, 5.41) is 11.0. The third-order valence-electron chi connectivity index (χ3n) is 2.37. The van der Waals surface area contributed by atoms with Crippen LogP contribution in [0.4, 0.5) is 10.1 Å². The molecule has 0 atom stereocenters. The van der Waals surface area contributed by atoms with Crippen LogP contribution < -0.4 is 4.74 Å². The molecule has 0 spiro atoms. The van der Waals surface area contributed by atoms with Gasteiger partial charge >= 0.3 is 5.69 Å². The molecule has 0 aliphatic heterocycles. The Hall–Kier alpha value is -2.28. The molecule has 0 fully saturated rings. The van der Waals surface area contributed by atoms with Crippen LogP contribution in [0.25, 0.3) is 0 Å². The highest BCUT2D eigenvalue weighted by Gasteiger charge is 2.17. The molecule has 0 N–H and O–H groups in total. The lowest BCUT2D eigenvalue weighted by molar-refractivity contribution is -0.385. The van der Waals surface area contributed by atoms with Crippen LogP contribution in [-0.4, -0.2) is 14.9 Å². The maximum Gasteiger partial charge on any atom is 0.311 e. The van der Waals surface area contributed by atoms with Crippen molar-refractivity contribution >= 4 is 17.3 Å². The largest absolute Gasteiger partial charge is 0.432 e. The zero-order valence-corrected chi connectivity index (χ0v) is 11.1. The number of hydrogen-bond donors (Lipinski definition) is 0. The molecule has 1 aromatic heterocycles. The predicted molar refractivity (Wildman–Crippen MR) is 69.5 cm³/mol. The number of nitro groups is 1. The lowest BCUT2D eigenvalue weighted by Crippen LogP contribution is -1.99. The maximum atomic E-state index is 13.2. The Balaban J connectivity index is 2.41. The van der Waals surface area contributed by atoms with E-state index in [9.17, 15) is 14.5 Å². The van der Waals surface area contributed by atoms with Crippen LogP contribution in [0.3, 0.4) is 0 Å². The van der Waals surface area contributed by atoms with Gasteiger partial charge in [-0.2, -0.15) is 4.98 Å². The summed E-state index contributed by atoms with van der Waals surface area (Å²) in [6, 6.07) is 4.22. The summed E-state index contributed by atoms with van der Waals surface area (Å²) >= 11 is 5.79. The summed E-state index contributed by atoms with van der Waals surface area (Å²) in [7, 11) is 0. The molecule has 0 saturated carbocycles. The molecule has 1 heterocycles. The van der Waals surface area contributed by atoms with E-state index in [0.717, 1.165) is 18.2 Å². The van der Waals surface area contributed by atoms with Crippen molar-refractivity contribution in [1.29, 1.82) is 0 Å². The van der Waals surface area contributed by atoms with Gasteiger partial charge in [0.2, 0.25) is 11.6 Å². The van der Waals surface area contributed by atoms with Crippen LogP contribution >= 0.6 is 11.6 Å². The van der Waals surface area contributed by atoms with Gasteiger partial charge < -0.3 is 4.74 Å². The number of rotatable bonds is 4. The Kier molecular flexibility index (Phi) is 4.09. The van der Waals surface area contributed by atoms with Crippen LogP contribution in [0.15, 0.2) is 24.3 Å². The van der Waals surface area contributed by atoms with Gasteiger partial charge in [-0.3, -0.25) is 10.1 Å². The lowest BCUT2D eigenvalue weighted by atomic mass is 10.3. The van der Waals surface area contributed by atoms with Gasteiger partial charge in [0.15, 0.2) is 0 Å². The molecule has 0 aliphatic rings. The molecule has 0 amide bonds. The Morgan fingerprint density at radius 2 is 2.15 bits per heavy atom. The molecule has 0 radical (unpaired) electrons. The molecule has 0 bridgehead atoms. The zero-order chi connectivity index (χ0) is 14.7. The van der Waals surface area contributed by atoms with Crippen molar-refractivity contribution in [3.8, 4) is 11.6 Å². The SMILES string of the molecule is CCc1nc(Cl)cc(Oc2cc(F)ccc2[N+](=O)[O-])n1. The Morgan fingerprint density at radius 3 is 2.80 bits per heavy atom. The van der Waals surface area contributed by atoms with Crippen molar-refractivity contribution in [2.75, 3.05) is 0 Å². The molecule has 2 rings (SSSR count). The van der Waals surface area contributed by atoms with Gasteiger partial charge in [0.05, 0.1) is 4.92 Å². The third-order valence-corrected chi connectivity index (χ3v) is 2.56. The van der Waals surface area contributed by atoms with E-state index in [1.165, 1.54) is 6.07 Å². The minimum absolute atomic E-state index is 0.0237. The van der Waals surface area contributed by atoms with Crippen molar-refractivity contribution < 1.29 is 14.1 Å². The predicted octanol–water partition coefficient (Wildman–Crippen LogP) is 3.53. The summed E-state index contributed by atoms with van der Waals surface area (Å²) in [6.45, 7) is 1.82. The summed E-state index contributed by atoms with van der Waals surface area (Å²) in [4.78, 5) is 18.1. The van der Waals surface area contributed by atoms with Crippen LogP contribution in [0.5, 0.6) is 11.6 Å². The van der Waals surface area contributed by atoms with Crippen molar-refractivity contribution in [3.05, 3.63) is 51.2 Å². The quantitative estimate of drug-likeness (QED) is 0.490. The van der Waals surface area contributed by atoms with E-state index in [4.69, 9.17) is 16.3 Å². The van der Waals surface area contributed by atoms with E-state index in [0.29, 0.717) is 12.2 Å². The number of aromatic nitrogens is 2. The average molecular weight is 298 g/mol. The first kappa shape index (κ1) is 14.1. The minimum atomic E-state index is -0.668. The van der Waals surface area contributed by atoms with E-state index in [-0.39, 0.29) is 22.5 Å². The number of aryl methyl sites for hydroxylation is 1. The number of nitrogens with zero attached hydrogens (tertiary/aromatic N) is 3. The molecule has 1 aromatic carbocycles. The standard InChI is InChI=1S/C12H9ClFN3O3/c1-2-11-15-10(13)6-12(16-11)20-9-5-7(14)3-4-8(9)17(18)19/h3-6H,2H2,1H3. The third kappa shape index (κ3) is 3.18. The molecule has 20 heavy (non-hydrogen) atoms. The van der Waals surface area contributed by atoms with Gasteiger partial charge in [0.25, 0.3) is 0 Å². The van der Waals surface area contributed by atoms with Gasteiger partial charge in [-0.15, -0.1) is 0 Å². The monoisotopic (exact) mass is 297 g/mol. The van der Waals surface area contributed by atoms with Gasteiger partial charge in [-0.25, -0.2) is 9.37 Å². The van der Waals surface area contributed by atoms with Crippen molar-refractivity contribution in [2.45, 2.75) is 13.3 Å². The van der Waals surface area contributed by atoms with Crippen molar-refractivity contribution in [1.82, 2.24) is 9.97 Å². The fraction of sp³-hybridized carbons (Fsp3) is 0.167. The topological polar surface area (TPSA) is 78.2 Å². The number of halogens is 2. The number of ether oxygens (including phenoxy) is 1. The van der Waals surface area contributed by atoms with E-state index in [1.807, 2.05) is 6.92 Å². The molecule has 6 nitrogen and oxygen atoms in total. The summed E-state index contributed by atoms with van der Waals surface area (Å²) in [5.41, 5.74) is -0.362. The summed E-state index contributed by atoms with van der Waals surface area (Å²) in [5.74, 6) is -0.449. The van der Waals surface area contributed by atoms with Crippen LogP contribution in [0, 0.1) is 15.9 Å². The van der Waals surface area contributed by atoms with Crippen LogP contribution in [-0.2, 0) is 6.42 Å². The van der Waals surface area contributed by atoms with Gasteiger partial charge in [0.1, 0.15) is 16.8 Å². The maximum absolute atomic E-state index is 13.2. The second-order valence-corrected chi connectivity index (χ2v) is 4.16. The molecular formula is C12H9ClFN3O3. The first-order valence-electron chi connectivity index (χ1n) is 5.65. The van der Waals surface area contributed by atoms with Gasteiger partial charge in [-0.1, -0.05) is 18.5 Å². The van der Waals surface area contributed by atoms with E-state index in [1.54, 1.807) is 0 Å². The van der Waals surface area contributed by atoms with Gasteiger partial charge in [-0.05, 0) is 6.07 Å². The first-order valence-corrected chi connectivity index (χ1v) is 6.02. The Bertz CT molecular complexity index is 666. The second kappa shape index (κ2) is 5.79. The van der Waals surface area contributed by atoms with E-state index < -0.39 is 10.7 Å². The summed E-state index contributed by atoms with van der Waals surface area (Å²) in [6.07, 6.45) is 0.516. The Labute approximate surface area is 118 Å². The molecule has 104 valence electrons. The van der Waals surface area contributed by atoms with Crippen LogP contribution in [0.2, 0.25) is 5.15 Å². The molecule has 0 aliphatic carbocycles. The molecule has 0 saturated heterocycles. The number of hydrogen-bond acceptors (Lipinski definition) is 5. The highest BCUT2D eigenvalue weighted by Crippen LogP contribution is 2.31. The smallest absolute Gasteiger partial charge is 0.311 e. The molecular weight excluding hydrogens is 289 g/mol. The average Bonchev–Trinajstić information content (AvgIpc) is 2.37. The van der Waals surface area contributed by atoms with Crippen molar-refractivity contribution in [3.63, 3.8) is 0 Å². The first-order chi connectivity index (χ1) is 9.49. The number of nitro benzene ring substituents is 1. The van der Waals surface area contributed by atoms with Gasteiger partial charge in [0, 0.05) is 24.6 Å². The normalized spacial score (nSPS) is 10.3. The second-order valence-electron chi connectivity index (χ2n) is 3.77. The summed E-state index contributed by atoms with van der Waals surface area (Å²) < 4.78 is 18.4. The highest BCUT2D eigenvalue weighted by atomic mass is 35.5. The van der Waals surface area contributed by atoms with Crippen LogP contribution in [0.1, 0.15) is 12.7 Å². The lowest BCUT2D eigenvalue weighted by Gasteiger charge is -2.07. The molecule has 2 aromatic rings. The minimum Gasteiger partial charge on any atom is -0.432 e. The zero-order valence-electron chi connectivity index (χ0n) is 10.3. The fourth-order valence-electron chi connectivity index (χ4n) is 1.49. The Morgan fingerprint density at radius 1 is 1.40 bits per heavy atom. The fourth-order valence-corrected chi connectivity index (χ4v) is 1.68. The van der Waals surface area contributed by atoms with E-state index in [2.05, 4.69) is 9.97 Å². The van der Waals surface area contributed by atoms with E-state index >= 15 is 0 Å². The highest BCUT2D eigenvalue weighted by molar-refractivity contribution is 6.29.